The molecule has 1 aliphatic rings. The van der Waals surface area contributed by atoms with E-state index in [0.29, 0.717) is 30.6 Å². The number of rotatable bonds is 6. The smallest absolute Gasteiger partial charge is 0.318 e. The lowest BCUT2D eigenvalue weighted by atomic mass is 10.2. The lowest BCUT2D eigenvalue weighted by molar-refractivity contribution is 0.0731. The number of hydrogen-bond acceptors (Lipinski definition) is 7. The molecule has 9 heteroatoms. The van der Waals surface area contributed by atoms with Gasteiger partial charge >= 0.3 is 6.01 Å². The van der Waals surface area contributed by atoms with Gasteiger partial charge < -0.3 is 15.0 Å². The van der Waals surface area contributed by atoms with Gasteiger partial charge in [0, 0.05) is 37.4 Å². The second kappa shape index (κ2) is 7.45. The van der Waals surface area contributed by atoms with Crippen molar-refractivity contribution >= 4 is 11.7 Å². The third-order valence-corrected chi connectivity index (χ3v) is 4.31. The third-order valence-electron chi connectivity index (χ3n) is 4.31. The Balaban J connectivity index is 1.68. The van der Waals surface area contributed by atoms with E-state index in [1.165, 1.54) is 6.20 Å². The summed E-state index contributed by atoms with van der Waals surface area (Å²) in [5.41, 5.74) is 1.36. The first-order chi connectivity index (χ1) is 12.1. The fourth-order valence-electron chi connectivity index (χ4n) is 3.06. The van der Waals surface area contributed by atoms with E-state index >= 15 is 0 Å². The fraction of sp³-hybridized carbons (Fsp3) is 0.562. The largest absolute Gasteiger partial charge is 0.467 e. The van der Waals surface area contributed by atoms with Gasteiger partial charge in [0.25, 0.3) is 5.91 Å². The molecule has 0 bridgehead atoms. The lowest BCUT2D eigenvalue weighted by Crippen LogP contribution is -2.40. The van der Waals surface area contributed by atoms with Crippen molar-refractivity contribution in [2.45, 2.75) is 39.3 Å². The molecular formula is C16H23N7O2. The quantitative estimate of drug-likeness (QED) is 0.838. The summed E-state index contributed by atoms with van der Waals surface area (Å²) < 4.78 is 6.73. The predicted molar refractivity (Wildman–Crippen MR) is 91.6 cm³/mol. The van der Waals surface area contributed by atoms with E-state index in [4.69, 9.17) is 4.74 Å². The first-order valence-electron chi connectivity index (χ1n) is 8.45. The molecule has 25 heavy (non-hydrogen) atoms. The van der Waals surface area contributed by atoms with Crippen LogP contribution in [0.5, 0.6) is 6.01 Å². The van der Waals surface area contributed by atoms with Gasteiger partial charge in [-0.25, -0.2) is 9.67 Å². The van der Waals surface area contributed by atoms with Crippen LogP contribution in [0.4, 0.5) is 5.82 Å². The van der Waals surface area contributed by atoms with Gasteiger partial charge in [-0.2, -0.15) is 4.98 Å². The Hall–Kier alpha value is -2.71. The van der Waals surface area contributed by atoms with Crippen LogP contribution in [0.25, 0.3) is 0 Å². The molecule has 2 aromatic rings. The summed E-state index contributed by atoms with van der Waals surface area (Å²) in [5.74, 6) is 0.677. The molecule has 1 N–H and O–H groups in total. The van der Waals surface area contributed by atoms with Crippen LogP contribution in [0.15, 0.2) is 12.3 Å². The highest BCUT2D eigenvalue weighted by Crippen LogP contribution is 2.21. The summed E-state index contributed by atoms with van der Waals surface area (Å²) in [6.07, 6.45) is 3.47. The highest BCUT2D eigenvalue weighted by atomic mass is 16.5. The van der Waals surface area contributed by atoms with Crippen molar-refractivity contribution in [1.29, 1.82) is 0 Å². The maximum Gasteiger partial charge on any atom is 0.318 e. The number of hydrogen-bond donors (Lipinski definition) is 1. The number of methoxy groups -OCH3 is 1. The molecule has 1 amide bonds. The monoisotopic (exact) mass is 345 g/mol. The highest BCUT2D eigenvalue weighted by Gasteiger charge is 2.31. The Morgan fingerprint density at radius 2 is 2.28 bits per heavy atom. The highest BCUT2D eigenvalue weighted by molar-refractivity contribution is 5.92. The first kappa shape index (κ1) is 17.1. The Morgan fingerprint density at radius 1 is 1.44 bits per heavy atom. The van der Waals surface area contributed by atoms with Gasteiger partial charge in [-0.05, 0) is 26.7 Å². The van der Waals surface area contributed by atoms with Gasteiger partial charge in [-0.3, -0.25) is 4.79 Å². The maximum absolute atomic E-state index is 12.8. The molecule has 134 valence electrons. The summed E-state index contributed by atoms with van der Waals surface area (Å²) in [6, 6.07) is 2.30. The summed E-state index contributed by atoms with van der Waals surface area (Å²) in [6.45, 7) is 5.82. The molecule has 1 atom stereocenters. The van der Waals surface area contributed by atoms with Crippen LogP contribution in [0.3, 0.4) is 0 Å². The van der Waals surface area contributed by atoms with Gasteiger partial charge in [0.05, 0.1) is 13.3 Å². The molecule has 2 aromatic heterocycles. The maximum atomic E-state index is 12.8. The van der Waals surface area contributed by atoms with Gasteiger partial charge in [-0.15, -0.1) is 5.10 Å². The van der Waals surface area contributed by atoms with E-state index in [2.05, 4.69) is 25.6 Å². The number of aromatic nitrogens is 5. The van der Waals surface area contributed by atoms with E-state index in [0.717, 1.165) is 25.1 Å². The SMILES string of the molecule is CCn1nncc1C(=O)N1CCC[C@@H]1CNc1cc(C)nc(OC)n1. The van der Waals surface area contributed by atoms with Crippen LogP contribution in [0, 0.1) is 6.92 Å². The Kier molecular flexibility index (Phi) is 5.11. The van der Waals surface area contributed by atoms with Gasteiger partial charge in [0.1, 0.15) is 11.5 Å². The minimum Gasteiger partial charge on any atom is -0.467 e. The van der Waals surface area contributed by atoms with Crippen LogP contribution in [-0.4, -0.2) is 62.0 Å². The average Bonchev–Trinajstić information content (AvgIpc) is 3.27. The molecule has 1 aliphatic heterocycles. The Morgan fingerprint density at radius 3 is 3.04 bits per heavy atom. The van der Waals surface area contributed by atoms with Gasteiger partial charge in [0.2, 0.25) is 0 Å². The second-order valence-electron chi connectivity index (χ2n) is 5.99. The number of likely N-dealkylation sites (tertiary alicyclic amines) is 1. The number of ether oxygens (including phenoxy) is 1. The number of nitrogens with one attached hydrogen (secondary N) is 1. The van der Waals surface area contributed by atoms with Crippen LogP contribution in [0.2, 0.25) is 0 Å². The zero-order chi connectivity index (χ0) is 17.8. The van der Waals surface area contributed by atoms with Gasteiger partial charge in [-0.1, -0.05) is 5.21 Å². The number of carbonyl (C=O) groups is 1. The van der Waals surface area contributed by atoms with Crippen molar-refractivity contribution in [2.75, 3.05) is 25.5 Å². The van der Waals surface area contributed by atoms with Crippen molar-refractivity contribution in [2.24, 2.45) is 0 Å². The summed E-state index contributed by atoms with van der Waals surface area (Å²) in [4.78, 5) is 23.2. The van der Waals surface area contributed by atoms with Crippen molar-refractivity contribution < 1.29 is 9.53 Å². The molecule has 1 saturated heterocycles. The topological polar surface area (TPSA) is 98.1 Å². The molecule has 3 heterocycles. The van der Waals surface area contributed by atoms with E-state index in [1.807, 2.05) is 24.8 Å². The number of aryl methyl sites for hydroxylation is 2. The molecule has 0 radical (unpaired) electrons. The average molecular weight is 345 g/mol. The molecule has 0 saturated carbocycles. The number of carbonyl (C=O) groups excluding carboxylic acids is 1. The van der Waals surface area contributed by atoms with Crippen LogP contribution < -0.4 is 10.1 Å². The molecule has 0 aliphatic carbocycles. The number of amides is 1. The number of anilines is 1. The van der Waals surface area contributed by atoms with E-state index in [1.54, 1.807) is 11.8 Å². The molecule has 0 unspecified atom stereocenters. The lowest BCUT2D eigenvalue weighted by Gasteiger charge is -2.25. The van der Waals surface area contributed by atoms with Gasteiger partial charge in [0.15, 0.2) is 0 Å². The molecule has 3 rings (SSSR count). The van der Waals surface area contributed by atoms with Crippen molar-refractivity contribution in [3.05, 3.63) is 23.7 Å². The van der Waals surface area contributed by atoms with E-state index in [9.17, 15) is 4.79 Å². The normalized spacial score (nSPS) is 16.9. The van der Waals surface area contributed by atoms with Crippen molar-refractivity contribution in [1.82, 2.24) is 29.9 Å². The standard InChI is InChI=1S/C16H23N7O2/c1-4-23-13(10-18-21-23)15(24)22-7-5-6-12(22)9-17-14-8-11(2)19-16(20-14)25-3/h8,10,12H,4-7,9H2,1-3H3,(H,17,19,20)/t12-/m1/s1. The van der Waals surface area contributed by atoms with E-state index < -0.39 is 0 Å². The van der Waals surface area contributed by atoms with E-state index in [-0.39, 0.29) is 11.9 Å². The van der Waals surface area contributed by atoms with Crippen LogP contribution in [-0.2, 0) is 6.54 Å². The summed E-state index contributed by atoms with van der Waals surface area (Å²) in [7, 11) is 1.54. The minimum atomic E-state index is -0.0207. The zero-order valence-electron chi connectivity index (χ0n) is 14.8. The van der Waals surface area contributed by atoms with Crippen LogP contribution >= 0.6 is 0 Å². The Bertz CT molecular complexity index is 746. The molecule has 0 spiro atoms. The third kappa shape index (κ3) is 3.70. The van der Waals surface area contributed by atoms with Crippen molar-refractivity contribution in [3.63, 3.8) is 0 Å². The molecular weight excluding hydrogens is 322 g/mol. The zero-order valence-corrected chi connectivity index (χ0v) is 14.8. The predicted octanol–water partition coefficient (Wildman–Crippen LogP) is 1.12. The number of nitrogens with zero attached hydrogens (tertiary/aromatic N) is 6. The van der Waals surface area contributed by atoms with Crippen molar-refractivity contribution in [3.8, 4) is 6.01 Å². The molecule has 1 fully saturated rings. The minimum absolute atomic E-state index is 0.0207. The molecule has 0 aromatic carbocycles. The summed E-state index contributed by atoms with van der Waals surface area (Å²) in [5, 5.41) is 11.1. The molecule has 9 nitrogen and oxygen atoms in total. The van der Waals surface area contributed by atoms with Crippen LogP contribution in [0.1, 0.15) is 35.9 Å². The Labute approximate surface area is 146 Å². The first-order valence-corrected chi connectivity index (χ1v) is 8.45. The summed E-state index contributed by atoms with van der Waals surface area (Å²) >= 11 is 0. The second-order valence-corrected chi connectivity index (χ2v) is 5.99. The fourth-order valence-corrected chi connectivity index (χ4v) is 3.06.